The molecule has 28 heavy (non-hydrogen) atoms. The zero-order chi connectivity index (χ0) is 20.1. The van der Waals surface area contributed by atoms with Gasteiger partial charge in [-0.15, -0.1) is 0 Å². The monoisotopic (exact) mass is 423 g/mol. The molecule has 1 aliphatic heterocycles. The Morgan fingerprint density at radius 1 is 1.25 bits per heavy atom. The first-order chi connectivity index (χ1) is 13.4. The number of nitrogens with zero attached hydrogens (tertiary/aromatic N) is 1. The van der Waals surface area contributed by atoms with E-state index in [0.717, 1.165) is 13.0 Å². The summed E-state index contributed by atoms with van der Waals surface area (Å²) in [7, 11) is 0. The van der Waals surface area contributed by atoms with Crippen molar-refractivity contribution in [2.75, 3.05) is 26.2 Å². The minimum atomic E-state index is -0.663. The molecule has 2 aromatic carbocycles. The lowest BCUT2D eigenvalue weighted by Crippen LogP contribution is -2.35. The predicted molar refractivity (Wildman–Crippen MR) is 110 cm³/mol. The van der Waals surface area contributed by atoms with Gasteiger partial charge in [-0.05, 0) is 37.6 Å². The van der Waals surface area contributed by atoms with Gasteiger partial charge in [0.05, 0.1) is 15.6 Å². The fourth-order valence-corrected chi connectivity index (χ4v) is 3.51. The molecule has 0 amide bonds. The van der Waals surface area contributed by atoms with Gasteiger partial charge in [-0.1, -0.05) is 35.3 Å². The second kappa shape index (κ2) is 9.61. The number of hydrogen-bond donors (Lipinski definition) is 1. The number of aliphatic hydroxyl groups excluding tert-OH is 1. The Morgan fingerprint density at radius 3 is 2.79 bits per heavy atom. The molecule has 7 heteroatoms. The number of β-amino-alcohol motifs (C(OH)–C–C–N with tert-alkyl or cyclic N) is 1. The molecule has 0 radical (unpaired) electrons. The lowest BCUT2D eigenvalue weighted by molar-refractivity contribution is 0.0711. The molecule has 2 atom stereocenters. The highest BCUT2D eigenvalue weighted by Gasteiger charge is 2.26. The number of aliphatic hydroxyl groups is 1. The number of Topliss-reactive ketones (excluding diaryl/α,β-unsaturated/α-hetero) is 1. The Hall–Kier alpha value is -1.79. The van der Waals surface area contributed by atoms with Gasteiger partial charge in [-0.25, -0.2) is 0 Å². The smallest absolute Gasteiger partial charge is 0.163 e. The summed E-state index contributed by atoms with van der Waals surface area (Å²) < 4.78 is 11.6. The molecule has 1 saturated heterocycles. The van der Waals surface area contributed by atoms with Crippen LogP contribution in [0.2, 0.25) is 10.0 Å². The van der Waals surface area contributed by atoms with E-state index in [1.807, 2.05) is 0 Å². The zero-order valence-electron chi connectivity index (χ0n) is 15.6. The van der Waals surface area contributed by atoms with Gasteiger partial charge in [-0.3, -0.25) is 9.69 Å². The van der Waals surface area contributed by atoms with Gasteiger partial charge in [0.2, 0.25) is 0 Å². The number of halogens is 2. The van der Waals surface area contributed by atoms with Gasteiger partial charge >= 0.3 is 0 Å². The van der Waals surface area contributed by atoms with Crippen LogP contribution in [-0.2, 0) is 0 Å². The molecule has 2 aromatic rings. The minimum Gasteiger partial charge on any atom is -0.490 e. The molecule has 0 aromatic heterocycles. The van der Waals surface area contributed by atoms with E-state index in [2.05, 4.69) is 4.90 Å². The molecule has 0 bridgehead atoms. The van der Waals surface area contributed by atoms with E-state index < -0.39 is 6.10 Å². The van der Waals surface area contributed by atoms with Crippen LogP contribution in [0.4, 0.5) is 0 Å². The number of ether oxygens (including phenoxy) is 2. The molecule has 1 aliphatic rings. The highest BCUT2D eigenvalue weighted by Crippen LogP contribution is 2.28. The fourth-order valence-electron chi connectivity index (χ4n) is 3.22. The Kier molecular flexibility index (Phi) is 7.18. The Balaban J connectivity index is 1.46. The molecule has 0 aliphatic carbocycles. The number of likely N-dealkylation sites (tertiary alicyclic amines) is 1. The van der Waals surface area contributed by atoms with Crippen molar-refractivity contribution in [2.24, 2.45) is 0 Å². The quantitative estimate of drug-likeness (QED) is 0.647. The zero-order valence-corrected chi connectivity index (χ0v) is 17.1. The number of hydrogen-bond acceptors (Lipinski definition) is 5. The molecule has 5 nitrogen and oxygen atoms in total. The Morgan fingerprint density at radius 2 is 2.04 bits per heavy atom. The predicted octanol–water partition coefficient (Wildman–Crippen LogP) is 4.09. The topological polar surface area (TPSA) is 59.0 Å². The van der Waals surface area contributed by atoms with E-state index in [-0.39, 0.29) is 18.5 Å². The summed E-state index contributed by atoms with van der Waals surface area (Å²) in [6, 6.07) is 12.3. The maximum Gasteiger partial charge on any atom is 0.163 e. The van der Waals surface area contributed by atoms with Crippen LogP contribution in [0.15, 0.2) is 42.5 Å². The highest BCUT2D eigenvalue weighted by molar-refractivity contribution is 6.42. The van der Waals surface area contributed by atoms with Crippen LogP contribution in [0.1, 0.15) is 23.7 Å². The van der Waals surface area contributed by atoms with Crippen molar-refractivity contribution in [1.29, 1.82) is 0 Å². The van der Waals surface area contributed by atoms with Crippen molar-refractivity contribution in [3.05, 3.63) is 58.1 Å². The maximum absolute atomic E-state index is 11.6. The van der Waals surface area contributed by atoms with Gasteiger partial charge in [0, 0.05) is 25.7 Å². The molecule has 0 saturated carbocycles. The Labute approximate surface area is 174 Å². The number of rotatable bonds is 8. The van der Waals surface area contributed by atoms with Crippen molar-refractivity contribution in [2.45, 2.75) is 25.6 Å². The van der Waals surface area contributed by atoms with Crippen molar-refractivity contribution < 1.29 is 19.4 Å². The Bertz CT molecular complexity index is 830. The molecule has 1 heterocycles. The van der Waals surface area contributed by atoms with Crippen LogP contribution in [-0.4, -0.2) is 54.2 Å². The largest absolute Gasteiger partial charge is 0.490 e. The van der Waals surface area contributed by atoms with Crippen LogP contribution in [0, 0.1) is 0 Å². The first-order valence-corrected chi connectivity index (χ1v) is 9.93. The maximum atomic E-state index is 11.6. The second-order valence-electron chi connectivity index (χ2n) is 6.88. The third-order valence-corrected chi connectivity index (χ3v) is 5.33. The number of ketones is 1. The van der Waals surface area contributed by atoms with Gasteiger partial charge in [-0.2, -0.15) is 0 Å². The minimum absolute atomic E-state index is 0.0313. The summed E-state index contributed by atoms with van der Waals surface area (Å²) in [5.41, 5.74) is 0.519. The number of carbonyl (C=O) groups is 1. The van der Waals surface area contributed by atoms with E-state index in [0.29, 0.717) is 40.2 Å². The van der Waals surface area contributed by atoms with Gasteiger partial charge in [0.1, 0.15) is 30.3 Å². The third-order valence-electron chi connectivity index (χ3n) is 4.59. The summed E-state index contributed by atoms with van der Waals surface area (Å²) in [6.07, 6.45) is 0.230. The van der Waals surface area contributed by atoms with E-state index in [4.69, 9.17) is 32.7 Å². The van der Waals surface area contributed by atoms with Crippen LogP contribution >= 0.6 is 23.2 Å². The van der Waals surface area contributed by atoms with Crippen LogP contribution in [0.5, 0.6) is 11.5 Å². The van der Waals surface area contributed by atoms with Crippen LogP contribution in [0.25, 0.3) is 0 Å². The standard InChI is InChI=1S/C21H23Cl2NO4/c1-14(25)18-4-2-3-5-21(18)27-13-15(26)11-24-9-8-17(12-24)28-16-6-7-19(22)20(23)10-16/h2-7,10,15,17,26H,8-9,11-13H2,1H3. The van der Waals surface area contributed by atoms with E-state index >= 15 is 0 Å². The lowest BCUT2D eigenvalue weighted by Gasteiger charge is -2.21. The molecule has 0 spiro atoms. The number of carbonyl (C=O) groups excluding carboxylic acids is 1. The molecule has 3 rings (SSSR count). The summed E-state index contributed by atoms with van der Waals surface area (Å²) in [5, 5.41) is 11.3. The summed E-state index contributed by atoms with van der Waals surface area (Å²) in [6.45, 7) is 3.63. The molecule has 1 N–H and O–H groups in total. The molecular formula is C21H23Cl2NO4. The van der Waals surface area contributed by atoms with Crippen molar-refractivity contribution in [1.82, 2.24) is 4.90 Å². The first kappa shape index (κ1) is 20.9. The summed E-state index contributed by atoms with van der Waals surface area (Å²) >= 11 is 11.9. The van der Waals surface area contributed by atoms with E-state index in [1.54, 1.807) is 42.5 Å². The third kappa shape index (κ3) is 5.61. The fraction of sp³-hybridized carbons (Fsp3) is 0.381. The lowest BCUT2D eigenvalue weighted by atomic mass is 10.1. The van der Waals surface area contributed by atoms with Crippen molar-refractivity contribution in [3.8, 4) is 11.5 Å². The van der Waals surface area contributed by atoms with E-state index in [1.165, 1.54) is 6.92 Å². The molecule has 2 unspecified atom stereocenters. The molecular weight excluding hydrogens is 401 g/mol. The van der Waals surface area contributed by atoms with E-state index in [9.17, 15) is 9.90 Å². The molecule has 1 fully saturated rings. The highest BCUT2D eigenvalue weighted by atomic mass is 35.5. The number of para-hydroxylation sites is 1. The second-order valence-corrected chi connectivity index (χ2v) is 7.70. The van der Waals surface area contributed by atoms with Gasteiger partial charge < -0.3 is 14.6 Å². The summed E-state index contributed by atoms with van der Waals surface area (Å²) in [5.74, 6) is 1.12. The first-order valence-electron chi connectivity index (χ1n) is 9.17. The SMILES string of the molecule is CC(=O)c1ccccc1OCC(O)CN1CCC(Oc2ccc(Cl)c(Cl)c2)C1. The van der Waals surface area contributed by atoms with Crippen molar-refractivity contribution in [3.63, 3.8) is 0 Å². The van der Waals surface area contributed by atoms with Gasteiger partial charge in [0.25, 0.3) is 0 Å². The number of benzene rings is 2. The van der Waals surface area contributed by atoms with Gasteiger partial charge in [0.15, 0.2) is 5.78 Å². The average molecular weight is 424 g/mol. The molecule has 150 valence electrons. The summed E-state index contributed by atoms with van der Waals surface area (Å²) in [4.78, 5) is 13.8. The van der Waals surface area contributed by atoms with Crippen molar-refractivity contribution >= 4 is 29.0 Å². The average Bonchev–Trinajstić information content (AvgIpc) is 3.10. The van der Waals surface area contributed by atoms with Crippen LogP contribution < -0.4 is 9.47 Å². The normalized spacial score (nSPS) is 18.1. The van der Waals surface area contributed by atoms with Crippen LogP contribution in [0.3, 0.4) is 0 Å².